The van der Waals surface area contributed by atoms with E-state index >= 15 is 0 Å². The van der Waals surface area contributed by atoms with Crippen LogP contribution in [0.1, 0.15) is 58.8 Å². The van der Waals surface area contributed by atoms with Crippen LogP contribution in [-0.2, 0) is 11.2 Å². The second-order valence-corrected chi connectivity index (χ2v) is 8.89. The van der Waals surface area contributed by atoms with Gasteiger partial charge in [0.2, 0.25) is 5.89 Å². The predicted molar refractivity (Wildman–Crippen MR) is 104 cm³/mol. The Balaban J connectivity index is 1.51. The highest BCUT2D eigenvalue weighted by atomic mass is 16.4. The number of amides is 3. The summed E-state index contributed by atoms with van der Waals surface area (Å²) in [6.07, 6.45) is 5.20. The number of carbonyl (C=O) groups is 2. The molecule has 0 bridgehead atoms. The molecule has 0 unspecified atom stereocenters. The minimum absolute atomic E-state index is 0.00176. The van der Waals surface area contributed by atoms with E-state index in [1.807, 2.05) is 9.80 Å². The van der Waals surface area contributed by atoms with Gasteiger partial charge in [-0.15, -0.1) is 5.10 Å². The van der Waals surface area contributed by atoms with Crippen LogP contribution < -0.4 is 4.90 Å². The van der Waals surface area contributed by atoms with Gasteiger partial charge in [-0.05, 0) is 43.9 Å². The zero-order valence-electron chi connectivity index (χ0n) is 17.2. The van der Waals surface area contributed by atoms with Crippen molar-refractivity contribution in [1.82, 2.24) is 20.0 Å². The molecule has 1 spiro atoms. The molecule has 28 heavy (non-hydrogen) atoms. The van der Waals surface area contributed by atoms with Gasteiger partial charge in [-0.1, -0.05) is 25.9 Å². The van der Waals surface area contributed by atoms with Gasteiger partial charge in [0.25, 0.3) is 5.91 Å². The monoisotopic (exact) mass is 389 g/mol. The minimum atomic E-state index is -0.709. The van der Waals surface area contributed by atoms with E-state index in [0.29, 0.717) is 62.8 Å². The van der Waals surface area contributed by atoms with E-state index in [2.05, 4.69) is 31.0 Å². The van der Waals surface area contributed by atoms with Crippen LogP contribution >= 0.6 is 0 Å². The lowest BCUT2D eigenvalue weighted by molar-refractivity contribution is -0.134. The van der Waals surface area contributed by atoms with Gasteiger partial charge in [0.05, 0.1) is 0 Å². The van der Waals surface area contributed by atoms with Gasteiger partial charge in [-0.2, -0.15) is 0 Å². The molecule has 0 atom stereocenters. The van der Waals surface area contributed by atoms with Crippen LogP contribution in [0.4, 0.5) is 10.8 Å². The lowest BCUT2D eigenvalue weighted by Gasteiger charge is -2.42. The molecule has 8 heteroatoms. The van der Waals surface area contributed by atoms with E-state index < -0.39 is 5.54 Å². The normalized spacial score (nSPS) is 22.2. The van der Waals surface area contributed by atoms with E-state index in [9.17, 15) is 9.59 Å². The van der Waals surface area contributed by atoms with Crippen molar-refractivity contribution in [3.05, 3.63) is 5.89 Å². The summed E-state index contributed by atoms with van der Waals surface area (Å²) in [5.74, 6) is 1.48. The number of rotatable bonds is 7. The van der Waals surface area contributed by atoms with Gasteiger partial charge in [0, 0.05) is 32.6 Å². The van der Waals surface area contributed by atoms with E-state index in [4.69, 9.17) is 4.42 Å². The molecule has 3 heterocycles. The Morgan fingerprint density at radius 2 is 1.89 bits per heavy atom. The molecule has 154 valence electrons. The second kappa shape index (κ2) is 7.37. The van der Waals surface area contributed by atoms with Crippen LogP contribution in [0, 0.1) is 11.8 Å². The van der Waals surface area contributed by atoms with Crippen molar-refractivity contribution in [2.45, 2.75) is 64.8 Å². The number of carbonyl (C=O) groups excluding carboxylic acids is 2. The highest BCUT2D eigenvalue weighted by molar-refractivity contribution is 6.07. The van der Waals surface area contributed by atoms with E-state index in [-0.39, 0.29) is 11.9 Å². The Kier molecular flexibility index (Phi) is 5.05. The van der Waals surface area contributed by atoms with Gasteiger partial charge < -0.3 is 14.2 Å². The van der Waals surface area contributed by atoms with Gasteiger partial charge in [0.15, 0.2) is 0 Å². The van der Waals surface area contributed by atoms with E-state index in [1.54, 1.807) is 0 Å². The van der Waals surface area contributed by atoms with Crippen LogP contribution in [0.5, 0.6) is 0 Å². The average molecular weight is 390 g/mol. The lowest BCUT2D eigenvalue weighted by atomic mass is 9.85. The van der Waals surface area contributed by atoms with E-state index in [1.165, 1.54) is 4.90 Å². The number of imide groups is 1. The topological polar surface area (TPSA) is 82.8 Å². The summed E-state index contributed by atoms with van der Waals surface area (Å²) in [6.45, 7) is 8.75. The zero-order chi connectivity index (χ0) is 19.9. The first-order valence-electron chi connectivity index (χ1n) is 10.7. The molecule has 1 aliphatic carbocycles. The fourth-order valence-corrected chi connectivity index (χ4v) is 4.36. The first-order chi connectivity index (χ1) is 13.4. The van der Waals surface area contributed by atoms with Gasteiger partial charge in [0.1, 0.15) is 5.54 Å². The molecule has 1 aromatic rings. The summed E-state index contributed by atoms with van der Waals surface area (Å²) in [5, 5.41) is 8.28. The number of urea groups is 1. The molecule has 8 nitrogen and oxygen atoms in total. The molecule has 0 N–H and O–H groups in total. The minimum Gasteiger partial charge on any atom is -0.408 e. The van der Waals surface area contributed by atoms with Crippen molar-refractivity contribution in [2.75, 3.05) is 31.1 Å². The van der Waals surface area contributed by atoms with Crippen molar-refractivity contribution in [3.63, 3.8) is 0 Å². The smallest absolute Gasteiger partial charge is 0.327 e. The summed E-state index contributed by atoms with van der Waals surface area (Å²) in [6, 6.07) is 0.433. The van der Waals surface area contributed by atoms with Crippen molar-refractivity contribution in [2.24, 2.45) is 11.8 Å². The number of aryl methyl sites for hydroxylation is 1. The highest BCUT2D eigenvalue weighted by Gasteiger charge is 2.58. The quantitative estimate of drug-likeness (QED) is 0.667. The van der Waals surface area contributed by atoms with Gasteiger partial charge in [-0.3, -0.25) is 9.69 Å². The van der Waals surface area contributed by atoms with Crippen LogP contribution in [-0.4, -0.2) is 63.7 Å². The third-order valence-electron chi connectivity index (χ3n) is 6.09. The lowest BCUT2D eigenvalue weighted by Crippen LogP contribution is -2.57. The summed E-state index contributed by atoms with van der Waals surface area (Å²) in [7, 11) is 0. The molecular weight excluding hydrogens is 358 g/mol. The molecule has 2 saturated heterocycles. The number of piperidine rings is 1. The molecule has 0 aromatic carbocycles. The first-order valence-corrected chi connectivity index (χ1v) is 10.7. The third-order valence-corrected chi connectivity index (χ3v) is 6.09. The van der Waals surface area contributed by atoms with Gasteiger partial charge >= 0.3 is 12.0 Å². The first kappa shape index (κ1) is 19.2. The zero-order valence-corrected chi connectivity index (χ0v) is 17.2. The third kappa shape index (κ3) is 3.37. The number of anilines is 1. The summed E-state index contributed by atoms with van der Waals surface area (Å²) in [4.78, 5) is 31.9. The summed E-state index contributed by atoms with van der Waals surface area (Å²) >= 11 is 0. The maximum atomic E-state index is 13.4. The molecule has 0 radical (unpaired) electrons. The Labute approximate surface area is 166 Å². The van der Waals surface area contributed by atoms with Crippen molar-refractivity contribution in [3.8, 4) is 0 Å². The second-order valence-electron chi connectivity index (χ2n) is 8.89. The highest BCUT2D eigenvalue weighted by Crippen LogP contribution is 2.41. The maximum Gasteiger partial charge on any atom is 0.327 e. The van der Waals surface area contributed by atoms with Crippen LogP contribution in [0.25, 0.3) is 0 Å². The summed E-state index contributed by atoms with van der Waals surface area (Å²) < 4.78 is 5.76. The standard InChI is InChI=1S/C20H31N5O3/c1-4-5-16-21-22-18(28-16)23-10-8-20(9-11-23)17(26)24(13-15-6-7-15)19(27)25(20)12-14(2)3/h14-15H,4-13H2,1-3H3. The van der Waals surface area contributed by atoms with Crippen molar-refractivity contribution >= 4 is 18.0 Å². The molecule has 1 aromatic heterocycles. The molecule has 1 saturated carbocycles. The van der Waals surface area contributed by atoms with Crippen LogP contribution in [0.3, 0.4) is 0 Å². The van der Waals surface area contributed by atoms with Crippen molar-refractivity contribution in [1.29, 1.82) is 0 Å². The predicted octanol–water partition coefficient (Wildman–Crippen LogP) is 2.69. The van der Waals surface area contributed by atoms with Crippen LogP contribution in [0.15, 0.2) is 4.42 Å². The molecule has 4 rings (SSSR count). The van der Waals surface area contributed by atoms with Gasteiger partial charge in [-0.25, -0.2) is 4.79 Å². The van der Waals surface area contributed by atoms with E-state index in [0.717, 1.165) is 25.7 Å². The summed E-state index contributed by atoms with van der Waals surface area (Å²) in [5.41, 5.74) is -0.709. The fourth-order valence-electron chi connectivity index (χ4n) is 4.36. The van der Waals surface area contributed by atoms with Crippen molar-refractivity contribution < 1.29 is 14.0 Å². The number of nitrogens with zero attached hydrogens (tertiary/aromatic N) is 5. The molecular formula is C20H31N5O3. The SMILES string of the molecule is CCCc1nnc(N2CCC3(CC2)C(=O)N(CC2CC2)C(=O)N3CC(C)C)o1. The Bertz CT molecular complexity index is 734. The molecule has 3 aliphatic rings. The van der Waals surface area contributed by atoms with Crippen LogP contribution in [0.2, 0.25) is 0 Å². The largest absolute Gasteiger partial charge is 0.408 e. The molecule has 2 aliphatic heterocycles. The molecule has 3 fully saturated rings. The Morgan fingerprint density at radius 3 is 2.50 bits per heavy atom. The average Bonchev–Trinajstić information content (AvgIpc) is 3.35. The number of hydrogen-bond donors (Lipinski definition) is 0. The maximum absolute atomic E-state index is 13.4. The number of hydrogen-bond acceptors (Lipinski definition) is 6. The fraction of sp³-hybridized carbons (Fsp3) is 0.800. The molecule has 3 amide bonds. The number of aromatic nitrogens is 2. The Morgan fingerprint density at radius 1 is 1.18 bits per heavy atom. The Hall–Kier alpha value is -2.12.